The van der Waals surface area contributed by atoms with E-state index in [-0.39, 0.29) is 5.91 Å². The van der Waals surface area contributed by atoms with Gasteiger partial charge in [-0.05, 0) is 32.3 Å². The predicted octanol–water partition coefficient (Wildman–Crippen LogP) is 2.68. The van der Waals surface area contributed by atoms with Crippen molar-refractivity contribution in [2.75, 3.05) is 0 Å². The van der Waals surface area contributed by atoms with Crippen LogP contribution in [-0.4, -0.2) is 32.0 Å². The Morgan fingerprint density at radius 1 is 1.27 bits per heavy atom. The summed E-state index contributed by atoms with van der Waals surface area (Å²) < 4.78 is 2.06. The molecule has 2 N–H and O–H groups in total. The average Bonchev–Trinajstić information content (AvgIpc) is 3.41. The molecule has 2 aromatic rings. The van der Waals surface area contributed by atoms with Crippen LogP contribution in [0.2, 0.25) is 0 Å². The minimum Gasteiger partial charge on any atom is -0.334 e. The van der Waals surface area contributed by atoms with E-state index in [1.807, 2.05) is 37.3 Å². The first-order chi connectivity index (χ1) is 12.6. The fraction of sp³-hybridized carbons (Fsp3) is 0.444. The second-order valence-corrected chi connectivity index (χ2v) is 7.58. The van der Waals surface area contributed by atoms with Gasteiger partial charge in [-0.1, -0.05) is 42.1 Å². The topological polar surface area (TPSA) is 88.9 Å². The Morgan fingerprint density at radius 3 is 2.65 bits per heavy atom. The average molecular weight is 373 g/mol. The van der Waals surface area contributed by atoms with Crippen molar-refractivity contribution in [3.05, 3.63) is 41.7 Å². The molecule has 1 aromatic heterocycles. The molecule has 0 radical (unpaired) electrons. The minimum absolute atomic E-state index is 0.348. The van der Waals surface area contributed by atoms with Gasteiger partial charge >= 0.3 is 6.03 Å². The van der Waals surface area contributed by atoms with Crippen LogP contribution in [0.15, 0.2) is 35.5 Å². The van der Waals surface area contributed by atoms with Crippen LogP contribution in [0, 0.1) is 0 Å². The highest BCUT2D eigenvalue weighted by atomic mass is 32.2. The first-order valence-electron chi connectivity index (χ1n) is 8.80. The van der Waals surface area contributed by atoms with E-state index in [0.717, 1.165) is 35.9 Å². The van der Waals surface area contributed by atoms with Crippen molar-refractivity contribution in [3.63, 3.8) is 0 Å². The number of carbonyl (C=O) groups is 2. The fourth-order valence-corrected chi connectivity index (χ4v) is 3.50. The van der Waals surface area contributed by atoms with Crippen molar-refractivity contribution in [3.8, 4) is 0 Å². The monoisotopic (exact) mass is 373 g/mol. The SMILES string of the molecule is CCn1c(SC(C)C(=O)NC(=O)NCc2ccccc2)nnc1C1CC1. The first-order valence-corrected chi connectivity index (χ1v) is 9.68. The summed E-state index contributed by atoms with van der Waals surface area (Å²) in [4.78, 5) is 24.2. The van der Waals surface area contributed by atoms with E-state index in [9.17, 15) is 9.59 Å². The van der Waals surface area contributed by atoms with Crippen molar-refractivity contribution in [1.82, 2.24) is 25.4 Å². The molecule has 1 unspecified atom stereocenters. The number of benzene rings is 1. The van der Waals surface area contributed by atoms with Crippen LogP contribution >= 0.6 is 11.8 Å². The molecule has 1 aromatic carbocycles. The van der Waals surface area contributed by atoms with Gasteiger partial charge in [0.1, 0.15) is 5.82 Å². The fourth-order valence-electron chi connectivity index (χ4n) is 2.58. The molecule has 1 heterocycles. The minimum atomic E-state index is -0.498. The van der Waals surface area contributed by atoms with E-state index >= 15 is 0 Å². The van der Waals surface area contributed by atoms with Gasteiger partial charge in [-0.15, -0.1) is 10.2 Å². The highest BCUT2D eigenvalue weighted by molar-refractivity contribution is 8.00. The number of urea groups is 1. The van der Waals surface area contributed by atoms with Gasteiger partial charge in [0.05, 0.1) is 5.25 Å². The van der Waals surface area contributed by atoms with Crippen molar-refractivity contribution >= 4 is 23.7 Å². The summed E-state index contributed by atoms with van der Waals surface area (Å²) in [7, 11) is 0. The Kier molecular flexibility index (Phi) is 5.92. The van der Waals surface area contributed by atoms with Crippen LogP contribution in [0.4, 0.5) is 4.79 Å². The maximum absolute atomic E-state index is 12.3. The van der Waals surface area contributed by atoms with Crippen LogP contribution in [0.1, 0.15) is 44.0 Å². The molecule has 1 saturated carbocycles. The zero-order valence-corrected chi connectivity index (χ0v) is 15.8. The molecule has 138 valence electrons. The van der Waals surface area contributed by atoms with E-state index in [2.05, 4.69) is 25.4 Å². The summed E-state index contributed by atoms with van der Waals surface area (Å²) in [5.41, 5.74) is 0.973. The molecule has 0 saturated heterocycles. The Morgan fingerprint density at radius 2 is 2.00 bits per heavy atom. The second kappa shape index (κ2) is 8.35. The first kappa shape index (κ1) is 18.4. The largest absolute Gasteiger partial charge is 0.334 e. The molecule has 7 nitrogen and oxygen atoms in total. The normalized spacial score (nSPS) is 14.7. The van der Waals surface area contributed by atoms with Gasteiger partial charge in [-0.2, -0.15) is 0 Å². The van der Waals surface area contributed by atoms with Gasteiger partial charge in [0, 0.05) is 19.0 Å². The van der Waals surface area contributed by atoms with Crippen molar-refractivity contribution < 1.29 is 9.59 Å². The third kappa shape index (κ3) is 4.63. The standard InChI is InChI=1S/C18H23N5O2S/c1-3-23-15(14-9-10-14)21-22-18(23)26-12(2)16(24)20-17(25)19-11-13-7-5-4-6-8-13/h4-8,12,14H,3,9-11H2,1-2H3,(H2,19,20,24,25). The molecule has 1 atom stereocenters. The molecule has 0 bridgehead atoms. The van der Waals surface area contributed by atoms with E-state index in [1.165, 1.54) is 11.8 Å². The van der Waals surface area contributed by atoms with Crippen molar-refractivity contribution in [2.45, 2.75) is 56.1 Å². The van der Waals surface area contributed by atoms with Crippen LogP contribution in [0.25, 0.3) is 0 Å². The molecule has 1 aliphatic rings. The lowest BCUT2D eigenvalue weighted by atomic mass is 10.2. The number of nitrogens with zero attached hydrogens (tertiary/aromatic N) is 3. The zero-order valence-electron chi connectivity index (χ0n) is 14.9. The van der Waals surface area contributed by atoms with Gasteiger partial charge in [0.15, 0.2) is 5.16 Å². The highest BCUT2D eigenvalue weighted by Crippen LogP contribution is 2.40. The maximum atomic E-state index is 12.3. The second-order valence-electron chi connectivity index (χ2n) is 6.28. The molecule has 26 heavy (non-hydrogen) atoms. The summed E-state index contributed by atoms with van der Waals surface area (Å²) in [5.74, 6) is 1.16. The Bertz CT molecular complexity index is 773. The number of carbonyl (C=O) groups excluding carboxylic acids is 2. The van der Waals surface area contributed by atoms with E-state index in [4.69, 9.17) is 0 Å². The molecule has 8 heteroatoms. The summed E-state index contributed by atoms with van der Waals surface area (Å²) in [6.07, 6.45) is 2.31. The van der Waals surface area contributed by atoms with Crippen molar-refractivity contribution in [2.24, 2.45) is 0 Å². The predicted molar refractivity (Wildman–Crippen MR) is 99.8 cm³/mol. The smallest absolute Gasteiger partial charge is 0.321 e. The molecule has 1 aliphatic carbocycles. The quantitative estimate of drug-likeness (QED) is 0.729. The number of hydrogen-bond donors (Lipinski definition) is 2. The lowest BCUT2D eigenvalue weighted by Gasteiger charge is -2.12. The number of aromatic nitrogens is 3. The maximum Gasteiger partial charge on any atom is 0.321 e. The summed E-state index contributed by atoms with van der Waals surface area (Å²) in [6, 6.07) is 9.04. The number of thioether (sulfide) groups is 1. The zero-order chi connectivity index (χ0) is 18.5. The van der Waals surface area contributed by atoms with E-state index < -0.39 is 11.3 Å². The van der Waals surface area contributed by atoms with E-state index in [0.29, 0.717) is 12.5 Å². The summed E-state index contributed by atoms with van der Waals surface area (Å²) in [5, 5.41) is 13.8. The van der Waals surface area contributed by atoms with Gasteiger partial charge in [-0.25, -0.2) is 4.79 Å². The van der Waals surface area contributed by atoms with Crippen LogP contribution in [-0.2, 0) is 17.9 Å². The number of hydrogen-bond acceptors (Lipinski definition) is 5. The highest BCUT2D eigenvalue weighted by Gasteiger charge is 2.30. The summed E-state index contributed by atoms with van der Waals surface area (Å²) >= 11 is 1.32. The number of amides is 3. The van der Waals surface area contributed by atoms with Crippen LogP contribution in [0.3, 0.4) is 0 Å². The van der Waals surface area contributed by atoms with Gasteiger partial charge in [0.25, 0.3) is 0 Å². The molecule has 3 amide bonds. The molecule has 1 fully saturated rings. The summed E-state index contributed by atoms with van der Waals surface area (Å²) in [6.45, 7) is 4.94. The van der Waals surface area contributed by atoms with Crippen molar-refractivity contribution in [1.29, 1.82) is 0 Å². The number of nitrogens with one attached hydrogen (secondary N) is 2. The Labute approximate surface area is 157 Å². The van der Waals surface area contributed by atoms with E-state index in [1.54, 1.807) is 6.92 Å². The number of rotatable bonds is 7. The third-order valence-corrected chi connectivity index (χ3v) is 5.27. The lowest BCUT2D eigenvalue weighted by Crippen LogP contribution is -2.42. The number of imide groups is 1. The third-order valence-electron chi connectivity index (χ3n) is 4.19. The molecular weight excluding hydrogens is 350 g/mol. The Balaban J connectivity index is 1.50. The van der Waals surface area contributed by atoms with Gasteiger partial charge in [-0.3, -0.25) is 10.1 Å². The molecular formula is C18H23N5O2S. The Hall–Kier alpha value is -2.35. The lowest BCUT2D eigenvalue weighted by molar-refractivity contribution is -0.119. The van der Waals surface area contributed by atoms with Crippen LogP contribution in [0.5, 0.6) is 0 Å². The van der Waals surface area contributed by atoms with Gasteiger partial charge in [0.2, 0.25) is 5.91 Å². The molecule has 0 spiro atoms. The molecule has 3 rings (SSSR count). The van der Waals surface area contributed by atoms with Crippen LogP contribution < -0.4 is 10.6 Å². The molecule has 0 aliphatic heterocycles. The van der Waals surface area contributed by atoms with Gasteiger partial charge < -0.3 is 9.88 Å².